The number of carbonyl (C=O) groups is 1. The summed E-state index contributed by atoms with van der Waals surface area (Å²) in [6, 6.07) is 4.40. The molecule has 0 amide bonds. The Kier molecular flexibility index (Phi) is 5.65. The second-order valence-electron chi connectivity index (χ2n) is 5.72. The lowest BCUT2D eigenvalue weighted by Gasteiger charge is -2.18. The Morgan fingerprint density at radius 1 is 1.57 bits per heavy atom. The smallest absolute Gasteiger partial charge is 0.306 e. The number of hydrogen-bond acceptors (Lipinski definition) is 5. The van der Waals surface area contributed by atoms with Crippen LogP contribution in [-0.4, -0.2) is 30.4 Å². The summed E-state index contributed by atoms with van der Waals surface area (Å²) in [6.07, 6.45) is 4.59. The highest BCUT2D eigenvalue weighted by molar-refractivity contribution is 7.99. The van der Waals surface area contributed by atoms with Gasteiger partial charge in [-0.2, -0.15) is 0 Å². The molecule has 1 aliphatic rings. The predicted octanol–water partition coefficient (Wildman–Crippen LogP) is 3.19. The number of aromatic nitrogens is 1. The van der Waals surface area contributed by atoms with Crippen LogP contribution in [0, 0.1) is 5.41 Å². The molecule has 116 valence electrons. The van der Waals surface area contributed by atoms with Crippen LogP contribution >= 0.6 is 11.8 Å². The number of thioether (sulfide) groups is 1. The lowest BCUT2D eigenvalue weighted by atomic mass is 10.1. The number of carbonyl (C=O) groups excluding carboxylic acids is 1. The zero-order valence-corrected chi connectivity index (χ0v) is 13.8. The standard InChI is InChI=1S/C16H24N2O2S/c1-4-17-12(2)13-6-5-9-18-15(13)21-11-16(7-8-16)10-14(19)20-3/h5-6,9,12,17H,4,7-8,10-11H2,1-3H3. The van der Waals surface area contributed by atoms with Crippen molar-refractivity contribution in [3.05, 3.63) is 23.9 Å². The van der Waals surface area contributed by atoms with Crippen LogP contribution in [0.1, 0.15) is 44.7 Å². The molecule has 1 aromatic rings. The average Bonchev–Trinajstić information content (AvgIpc) is 3.25. The molecule has 1 heterocycles. The highest BCUT2D eigenvalue weighted by atomic mass is 32.2. The second-order valence-corrected chi connectivity index (χ2v) is 6.68. The Morgan fingerprint density at radius 3 is 2.95 bits per heavy atom. The van der Waals surface area contributed by atoms with Gasteiger partial charge in [0.15, 0.2) is 0 Å². The predicted molar refractivity (Wildman–Crippen MR) is 85.4 cm³/mol. The number of ether oxygens (including phenoxy) is 1. The summed E-state index contributed by atoms with van der Waals surface area (Å²) < 4.78 is 4.80. The van der Waals surface area contributed by atoms with Crippen molar-refractivity contribution >= 4 is 17.7 Å². The lowest BCUT2D eigenvalue weighted by molar-refractivity contribution is -0.141. The van der Waals surface area contributed by atoms with Gasteiger partial charge < -0.3 is 10.1 Å². The molecule has 5 heteroatoms. The van der Waals surface area contributed by atoms with Gasteiger partial charge >= 0.3 is 5.97 Å². The fourth-order valence-corrected chi connectivity index (χ4v) is 3.80. The molecule has 1 atom stereocenters. The molecule has 0 radical (unpaired) electrons. The third-order valence-corrected chi connectivity index (χ3v) is 5.37. The van der Waals surface area contributed by atoms with Crippen molar-refractivity contribution in [1.29, 1.82) is 0 Å². The molecule has 21 heavy (non-hydrogen) atoms. The molecule has 0 aromatic carbocycles. The summed E-state index contributed by atoms with van der Waals surface area (Å²) in [5.41, 5.74) is 1.37. The van der Waals surface area contributed by atoms with Crippen LogP contribution in [0.4, 0.5) is 0 Å². The van der Waals surface area contributed by atoms with E-state index in [-0.39, 0.29) is 11.4 Å². The molecule has 0 saturated heterocycles. The van der Waals surface area contributed by atoms with Crippen LogP contribution in [0.15, 0.2) is 23.4 Å². The van der Waals surface area contributed by atoms with E-state index in [1.54, 1.807) is 11.8 Å². The highest BCUT2D eigenvalue weighted by Gasteiger charge is 2.44. The van der Waals surface area contributed by atoms with E-state index in [0.717, 1.165) is 30.2 Å². The first-order chi connectivity index (χ1) is 10.1. The second kappa shape index (κ2) is 7.27. The third-order valence-electron chi connectivity index (χ3n) is 4.00. The van der Waals surface area contributed by atoms with Crippen molar-refractivity contribution in [3.8, 4) is 0 Å². The normalized spacial score (nSPS) is 17.3. The summed E-state index contributed by atoms with van der Waals surface area (Å²) in [4.78, 5) is 16.0. The molecule has 1 unspecified atom stereocenters. The minimum atomic E-state index is -0.102. The molecular weight excluding hydrogens is 284 g/mol. The number of nitrogens with one attached hydrogen (secondary N) is 1. The van der Waals surface area contributed by atoms with Crippen LogP contribution in [0.5, 0.6) is 0 Å². The van der Waals surface area contributed by atoms with Gasteiger partial charge in [-0.1, -0.05) is 13.0 Å². The molecule has 1 aromatic heterocycles. The monoisotopic (exact) mass is 308 g/mol. The zero-order chi connectivity index (χ0) is 15.3. The molecule has 1 aliphatic carbocycles. The SMILES string of the molecule is CCNC(C)c1cccnc1SCC1(CC(=O)OC)CC1. The summed E-state index contributed by atoms with van der Waals surface area (Å²) in [6.45, 7) is 5.20. The van der Waals surface area contributed by atoms with Crippen LogP contribution in [0.25, 0.3) is 0 Å². The molecule has 0 aliphatic heterocycles. The molecule has 1 N–H and O–H groups in total. The van der Waals surface area contributed by atoms with Gasteiger partial charge in [0.1, 0.15) is 5.03 Å². The van der Waals surface area contributed by atoms with Crippen molar-refractivity contribution in [2.45, 2.75) is 44.2 Å². The maximum atomic E-state index is 11.5. The van der Waals surface area contributed by atoms with Gasteiger partial charge in [0, 0.05) is 23.6 Å². The van der Waals surface area contributed by atoms with Crippen LogP contribution in [-0.2, 0) is 9.53 Å². The first kappa shape index (κ1) is 16.3. The van der Waals surface area contributed by atoms with Crippen molar-refractivity contribution in [3.63, 3.8) is 0 Å². The molecule has 4 nitrogen and oxygen atoms in total. The Labute approximate surface area is 131 Å². The Balaban J connectivity index is 1.99. The van der Waals surface area contributed by atoms with Crippen molar-refractivity contribution in [2.24, 2.45) is 5.41 Å². The summed E-state index contributed by atoms with van der Waals surface area (Å²) >= 11 is 1.76. The van der Waals surface area contributed by atoms with Gasteiger partial charge in [-0.25, -0.2) is 4.98 Å². The number of hydrogen-bond donors (Lipinski definition) is 1. The van der Waals surface area contributed by atoms with E-state index in [1.807, 2.05) is 12.3 Å². The first-order valence-electron chi connectivity index (χ1n) is 7.48. The van der Waals surface area contributed by atoms with Crippen molar-refractivity contribution in [1.82, 2.24) is 10.3 Å². The quantitative estimate of drug-likeness (QED) is 0.590. The first-order valence-corrected chi connectivity index (χ1v) is 8.47. The van der Waals surface area contributed by atoms with Crippen LogP contribution in [0.2, 0.25) is 0 Å². The van der Waals surface area contributed by atoms with Crippen LogP contribution in [0.3, 0.4) is 0 Å². The molecular formula is C16H24N2O2S. The fourth-order valence-electron chi connectivity index (χ4n) is 2.42. The van der Waals surface area contributed by atoms with E-state index >= 15 is 0 Å². The van der Waals surface area contributed by atoms with E-state index in [9.17, 15) is 4.79 Å². The Bertz CT molecular complexity index is 489. The van der Waals surface area contributed by atoms with Gasteiger partial charge in [0.25, 0.3) is 0 Å². The molecule has 1 saturated carbocycles. The van der Waals surface area contributed by atoms with Gasteiger partial charge in [0.05, 0.1) is 13.5 Å². The largest absolute Gasteiger partial charge is 0.469 e. The topological polar surface area (TPSA) is 51.2 Å². The van der Waals surface area contributed by atoms with Gasteiger partial charge in [-0.05, 0) is 37.8 Å². The zero-order valence-electron chi connectivity index (χ0n) is 13.0. The Hall–Kier alpha value is -1.07. The fraction of sp³-hybridized carbons (Fsp3) is 0.625. The number of nitrogens with zero attached hydrogens (tertiary/aromatic N) is 1. The third kappa shape index (κ3) is 4.45. The van der Waals surface area contributed by atoms with Gasteiger partial charge in [-0.3, -0.25) is 4.79 Å². The summed E-state index contributed by atoms with van der Waals surface area (Å²) in [5, 5.41) is 4.50. The number of methoxy groups -OCH3 is 1. The summed E-state index contributed by atoms with van der Waals surface area (Å²) in [7, 11) is 1.46. The molecule has 0 bridgehead atoms. The maximum Gasteiger partial charge on any atom is 0.306 e. The number of rotatable bonds is 8. The van der Waals surface area contributed by atoms with E-state index in [2.05, 4.69) is 30.2 Å². The molecule has 1 fully saturated rings. The molecule has 0 spiro atoms. The van der Waals surface area contributed by atoms with Crippen LogP contribution < -0.4 is 5.32 Å². The number of pyridine rings is 1. The Morgan fingerprint density at radius 2 is 2.33 bits per heavy atom. The minimum absolute atomic E-state index is 0.102. The van der Waals surface area contributed by atoms with E-state index in [1.165, 1.54) is 12.7 Å². The highest BCUT2D eigenvalue weighted by Crippen LogP contribution is 2.52. The van der Waals surface area contributed by atoms with E-state index < -0.39 is 0 Å². The van der Waals surface area contributed by atoms with Gasteiger partial charge in [0.2, 0.25) is 0 Å². The van der Waals surface area contributed by atoms with Crippen molar-refractivity contribution in [2.75, 3.05) is 19.4 Å². The lowest BCUT2D eigenvalue weighted by Crippen LogP contribution is -2.19. The minimum Gasteiger partial charge on any atom is -0.469 e. The maximum absolute atomic E-state index is 11.5. The number of esters is 1. The van der Waals surface area contributed by atoms with Gasteiger partial charge in [-0.15, -0.1) is 11.8 Å². The summed E-state index contributed by atoms with van der Waals surface area (Å²) in [5.74, 6) is 0.834. The van der Waals surface area contributed by atoms with Crippen molar-refractivity contribution < 1.29 is 9.53 Å². The van der Waals surface area contributed by atoms with E-state index in [0.29, 0.717) is 12.5 Å². The average molecular weight is 308 g/mol. The van der Waals surface area contributed by atoms with E-state index in [4.69, 9.17) is 4.74 Å². The molecule has 2 rings (SSSR count).